The summed E-state index contributed by atoms with van der Waals surface area (Å²) in [6.45, 7) is 4.22. The van der Waals surface area contributed by atoms with Gasteiger partial charge in [-0.05, 0) is 31.7 Å². The van der Waals surface area contributed by atoms with Crippen molar-refractivity contribution in [2.24, 2.45) is 0 Å². The van der Waals surface area contributed by atoms with Crippen molar-refractivity contribution in [2.75, 3.05) is 0 Å². The summed E-state index contributed by atoms with van der Waals surface area (Å²) in [5.74, 6) is 2.26. The molecule has 0 amide bonds. The van der Waals surface area contributed by atoms with Crippen molar-refractivity contribution in [3.8, 4) is 0 Å². The molecule has 1 nitrogen and oxygen atoms in total. The smallest absolute Gasteiger partial charge is 0.218 e. The van der Waals surface area contributed by atoms with E-state index in [1.165, 1.54) is 68.9 Å². The zero-order valence-corrected chi connectivity index (χ0v) is 11.3. The maximum atomic E-state index is 5.89. The Hall–Kier alpha value is -0.850. The molecule has 1 heteroatoms. The first kappa shape index (κ1) is 12.6. The first-order valence-corrected chi connectivity index (χ1v) is 7.19. The van der Waals surface area contributed by atoms with Crippen LogP contribution in [0.15, 0.2) is 10.5 Å². The fourth-order valence-electron chi connectivity index (χ4n) is 2.79. The average Bonchev–Trinajstić information content (AvgIpc) is 2.28. The predicted molar refractivity (Wildman–Crippen MR) is 72.3 cm³/mol. The predicted octanol–water partition coefficient (Wildman–Crippen LogP) is 5.01. The van der Waals surface area contributed by atoms with E-state index in [0.717, 1.165) is 11.5 Å². The highest BCUT2D eigenvalue weighted by molar-refractivity contribution is 5.26. The summed E-state index contributed by atoms with van der Waals surface area (Å²) in [5.41, 5.74) is 2.87. The SMILES string of the molecule is Cc1[o+]c(C)c2cc1CCCCCCCCC2. The Morgan fingerprint density at radius 1 is 0.706 bits per heavy atom. The highest BCUT2D eigenvalue weighted by Gasteiger charge is 2.17. The summed E-state index contributed by atoms with van der Waals surface area (Å²) in [5, 5.41) is 0. The van der Waals surface area contributed by atoms with Crippen LogP contribution in [0, 0.1) is 13.8 Å². The Balaban J connectivity index is 2.17. The molecule has 0 N–H and O–H groups in total. The summed E-state index contributed by atoms with van der Waals surface area (Å²) < 4.78 is 5.89. The zero-order chi connectivity index (χ0) is 12.1. The van der Waals surface area contributed by atoms with E-state index >= 15 is 0 Å². The van der Waals surface area contributed by atoms with E-state index < -0.39 is 0 Å². The maximum Gasteiger partial charge on any atom is 0.329 e. The summed E-state index contributed by atoms with van der Waals surface area (Å²) in [6.07, 6.45) is 12.0. The number of rotatable bonds is 0. The minimum absolute atomic E-state index is 1.13. The van der Waals surface area contributed by atoms with E-state index in [9.17, 15) is 0 Å². The van der Waals surface area contributed by atoms with Gasteiger partial charge in [-0.15, -0.1) is 0 Å². The van der Waals surface area contributed by atoms with Crippen LogP contribution < -0.4 is 0 Å². The second kappa shape index (κ2) is 6.18. The Kier molecular flexibility index (Phi) is 4.58. The fraction of sp³-hybridized carbons (Fsp3) is 0.688. The van der Waals surface area contributed by atoms with Crippen LogP contribution in [-0.2, 0) is 12.8 Å². The van der Waals surface area contributed by atoms with Crippen molar-refractivity contribution in [1.82, 2.24) is 0 Å². The van der Waals surface area contributed by atoms with Crippen LogP contribution in [0.1, 0.15) is 67.6 Å². The van der Waals surface area contributed by atoms with E-state index in [-0.39, 0.29) is 0 Å². The highest BCUT2D eigenvalue weighted by atomic mass is 16.3. The molecule has 17 heavy (non-hydrogen) atoms. The molecule has 0 saturated heterocycles. The Morgan fingerprint density at radius 2 is 1.12 bits per heavy atom. The van der Waals surface area contributed by atoms with Gasteiger partial charge in [0.1, 0.15) is 0 Å². The normalized spacial score (nSPS) is 18.2. The lowest BCUT2D eigenvalue weighted by Crippen LogP contribution is -1.98. The van der Waals surface area contributed by atoms with Crippen molar-refractivity contribution < 1.29 is 4.42 Å². The minimum Gasteiger partial charge on any atom is -0.218 e. The van der Waals surface area contributed by atoms with E-state index in [0.29, 0.717) is 0 Å². The van der Waals surface area contributed by atoms with Crippen LogP contribution in [0.2, 0.25) is 0 Å². The van der Waals surface area contributed by atoms with Crippen LogP contribution in [0.25, 0.3) is 0 Å². The van der Waals surface area contributed by atoms with Crippen LogP contribution in [0.3, 0.4) is 0 Å². The molecule has 0 fully saturated rings. The van der Waals surface area contributed by atoms with Crippen molar-refractivity contribution in [3.05, 3.63) is 28.7 Å². The summed E-state index contributed by atoms with van der Waals surface area (Å²) in [6, 6.07) is 2.40. The molecule has 1 aromatic heterocycles. The van der Waals surface area contributed by atoms with Gasteiger partial charge in [0.25, 0.3) is 0 Å². The molecule has 0 spiro atoms. The van der Waals surface area contributed by atoms with E-state index in [2.05, 4.69) is 19.9 Å². The van der Waals surface area contributed by atoms with Gasteiger partial charge in [0.2, 0.25) is 0 Å². The lowest BCUT2D eigenvalue weighted by Gasteiger charge is -2.07. The molecule has 0 atom stereocenters. The van der Waals surface area contributed by atoms with Gasteiger partial charge in [-0.2, -0.15) is 0 Å². The van der Waals surface area contributed by atoms with Crippen LogP contribution in [0.5, 0.6) is 0 Å². The van der Waals surface area contributed by atoms with Gasteiger partial charge < -0.3 is 0 Å². The second-order valence-corrected chi connectivity index (χ2v) is 5.38. The summed E-state index contributed by atoms with van der Waals surface area (Å²) in [4.78, 5) is 0. The van der Waals surface area contributed by atoms with Gasteiger partial charge in [0.15, 0.2) is 0 Å². The zero-order valence-electron chi connectivity index (χ0n) is 11.3. The van der Waals surface area contributed by atoms with E-state index in [4.69, 9.17) is 4.42 Å². The topological polar surface area (TPSA) is 11.3 Å². The van der Waals surface area contributed by atoms with Crippen molar-refractivity contribution in [2.45, 2.75) is 71.6 Å². The number of hydrogen-bond acceptors (Lipinski definition) is 0. The van der Waals surface area contributed by atoms with E-state index in [1.54, 1.807) is 0 Å². The van der Waals surface area contributed by atoms with Gasteiger partial charge in [-0.25, -0.2) is 4.42 Å². The Bertz CT molecular complexity index is 337. The van der Waals surface area contributed by atoms with Crippen molar-refractivity contribution in [1.29, 1.82) is 0 Å². The minimum atomic E-state index is 1.13. The third kappa shape index (κ3) is 3.55. The Morgan fingerprint density at radius 3 is 1.59 bits per heavy atom. The molecular weight excluding hydrogens is 208 g/mol. The molecule has 94 valence electrons. The van der Waals surface area contributed by atoms with Crippen LogP contribution in [-0.4, -0.2) is 0 Å². The molecule has 1 aliphatic rings. The highest BCUT2D eigenvalue weighted by Crippen LogP contribution is 2.22. The molecule has 1 aromatic rings. The average molecular weight is 233 g/mol. The van der Waals surface area contributed by atoms with Gasteiger partial charge >= 0.3 is 11.5 Å². The molecule has 0 aromatic carbocycles. The number of aryl methyl sites for hydroxylation is 4. The van der Waals surface area contributed by atoms with Gasteiger partial charge in [0, 0.05) is 0 Å². The van der Waals surface area contributed by atoms with Crippen molar-refractivity contribution in [3.63, 3.8) is 0 Å². The largest absolute Gasteiger partial charge is 0.329 e. The number of fused-ring (bicyclic) bond motifs is 2. The lowest BCUT2D eigenvalue weighted by atomic mass is 9.98. The summed E-state index contributed by atoms with van der Waals surface area (Å²) in [7, 11) is 0. The molecule has 0 saturated carbocycles. The first-order chi connectivity index (χ1) is 8.27. The van der Waals surface area contributed by atoms with Crippen molar-refractivity contribution >= 4 is 0 Å². The van der Waals surface area contributed by atoms with Crippen LogP contribution in [0.4, 0.5) is 0 Å². The molecular formula is C16H25O+. The first-order valence-electron chi connectivity index (χ1n) is 7.19. The van der Waals surface area contributed by atoms with Gasteiger partial charge in [-0.1, -0.05) is 32.1 Å². The molecule has 0 aliphatic heterocycles. The number of hydrogen-bond donors (Lipinski definition) is 0. The second-order valence-electron chi connectivity index (χ2n) is 5.38. The quantitative estimate of drug-likeness (QED) is 0.573. The van der Waals surface area contributed by atoms with Gasteiger partial charge in [0.05, 0.1) is 25.0 Å². The third-order valence-electron chi connectivity index (χ3n) is 3.95. The molecule has 2 rings (SSSR count). The molecule has 1 heterocycles. The lowest BCUT2D eigenvalue weighted by molar-refractivity contribution is 0.463. The monoisotopic (exact) mass is 233 g/mol. The van der Waals surface area contributed by atoms with E-state index in [1.807, 2.05) is 0 Å². The molecule has 1 aliphatic carbocycles. The fourth-order valence-corrected chi connectivity index (χ4v) is 2.79. The molecule has 2 bridgehead atoms. The molecule has 0 radical (unpaired) electrons. The van der Waals surface area contributed by atoms with Crippen LogP contribution >= 0.6 is 0 Å². The Labute approximate surface area is 105 Å². The third-order valence-corrected chi connectivity index (χ3v) is 3.95. The molecule has 0 unspecified atom stereocenters. The maximum absolute atomic E-state index is 5.89. The van der Waals surface area contributed by atoms with Gasteiger partial charge in [-0.3, -0.25) is 0 Å². The summed E-state index contributed by atoms with van der Waals surface area (Å²) >= 11 is 0. The standard InChI is InChI=1S/C16H25O/c1-13-15-10-8-6-4-3-5-7-9-11-16(12-15)14(2)17-13/h12H,3-11H2,1-2H3/q+1.